The monoisotopic (exact) mass is 324 g/mol. The van der Waals surface area contributed by atoms with Crippen molar-refractivity contribution in [1.29, 1.82) is 0 Å². The molecule has 0 bridgehead atoms. The Morgan fingerprint density at radius 3 is 2.41 bits per heavy atom. The molecule has 0 atom stereocenters. The number of nitrogens with zero attached hydrogens (tertiary/aromatic N) is 1. The molecule has 1 N–H and O–H groups in total. The quantitative estimate of drug-likeness (QED) is 0.870. The molecule has 0 aliphatic heterocycles. The molecule has 0 heterocycles. The third kappa shape index (κ3) is 4.81. The third-order valence-corrected chi connectivity index (χ3v) is 5.39. The highest BCUT2D eigenvalue weighted by Crippen LogP contribution is 2.24. The highest BCUT2D eigenvalue weighted by atomic mass is 32.2. The summed E-state index contributed by atoms with van der Waals surface area (Å²) in [4.78, 5) is 12.0. The van der Waals surface area contributed by atoms with E-state index in [-0.39, 0.29) is 11.9 Å². The van der Waals surface area contributed by atoms with E-state index in [1.54, 1.807) is 28.6 Å². The van der Waals surface area contributed by atoms with Gasteiger partial charge in [-0.1, -0.05) is 37.5 Å². The molecule has 0 unspecified atom stereocenters. The second-order valence-electron chi connectivity index (χ2n) is 5.79. The van der Waals surface area contributed by atoms with Crippen LogP contribution in [0, 0.1) is 0 Å². The largest absolute Gasteiger partial charge is 0.351 e. The maximum atomic E-state index is 12.0. The number of hydrogen-bond acceptors (Lipinski definition) is 3. The van der Waals surface area contributed by atoms with Crippen LogP contribution in [0.3, 0.4) is 0 Å². The summed E-state index contributed by atoms with van der Waals surface area (Å²) in [6.07, 6.45) is 6.42. The lowest BCUT2D eigenvalue weighted by Gasteiger charge is -2.32. The van der Waals surface area contributed by atoms with Gasteiger partial charge in [0.15, 0.2) is 0 Å². The van der Waals surface area contributed by atoms with E-state index >= 15 is 0 Å². The fraction of sp³-hybridized carbons (Fsp3) is 0.562. The van der Waals surface area contributed by atoms with Crippen LogP contribution in [-0.4, -0.2) is 44.0 Å². The Labute approximate surface area is 132 Å². The molecule has 1 aliphatic carbocycles. The van der Waals surface area contributed by atoms with Gasteiger partial charge in [0, 0.05) is 24.7 Å². The molecule has 6 heteroatoms. The van der Waals surface area contributed by atoms with E-state index in [1.807, 2.05) is 6.07 Å². The van der Waals surface area contributed by atoms with Crippen molar-refractivity contribution in [2.45, 2.75) is 38.1 Å². The molecule has 0 radical (unpaired) electrons. The van der Waals surface area contributed by atoms with Gasteiger partial charge in [-0.25, -0.2) is 8.42 Å². The molecule has 1 fully saturated rings. The second kappa shape index (κ2) is 7.74. The number of nitrogens with one attached hydrogen (secondary N) is 1. The van der Waals surface area contributed by atoms with Crippen LogP contribution in [0.1, 0.15) is 42.5 Å². The minimum absolute atomic E-state index is 0.0809. The van der Waals surface area contributed by atoms with Crippen LogP contribution < -0.4 is 5.32 Å². The number of rotatable bonds is 6. The van der Waals surface area contributed by atoms with E-state index in [2.05, 4.69) is 5.32 Å². The molecule has 0 spiro atoms. The number of amides is 1. The number of benzene rings is 1. The zero-order valence-electron chi connectivity index (χ0n) is 13.0. The normalized spacial score (nSPS) is 16.6. The van der Waals surface area contributed by atoms with E-state index in [9.17, 15) is 13.2 Å². The molecule has 122 valence electrons. The summed E-state index contributed by atoms with van der Waals surface area (Å²) in [6.45, 7) is 0.666. The Hall–Kier alpha value is -1.40. The molecule has 5 nitrogen and oxygen atoms in total. The Balaban J connectivity index is 1.90. The fourth-order valence-corrected chi connectivity index (χ4v) is 4.13. The Morgan fingerprint density at radius 2 is 1.82 bits per heavy atom. The highest BCUT2D eigenvalue weighted by Gasteiger charge is 2.27. The fourth-order valence-electron chi connectivity index (χ4n) is 2.96. The SMILES string of the molecule is CS(=O)(=O)N(CCNC(=O)c1ccccc1)C1CCCCC1. The van der Waals surface area contributed by atoms with E-state index in [0.29, 0.717) is 18.7 Å². The van der Waals surface area contributed by atoms with Crippen molar-refractivity contribution in [2.24, 2.45) is 0 Å². The van der Waals surface area contributed by atoms with Gasteiger partial charge in [0.05, 0.1) is 6.26 Å². The van der Waals surface area contributed by atoms with Gasteiger partial charge in [-0.15, -0.1) is 0 Å². The Bertz CT molecular complexity index is 581. The van der Waals surface area contributed by atoms with Crippen molar-refractivity contribution in [3.05, 3.63) is 35.9 Å². The molecule has 1 aromatic rings. The maximum absolute atomic E-state index is 12.0. The summed E-state index contributed by atoms with van der Waals surface area (Å²) in [5.74, 6) is -0.169. The lowest BCUT2D eigenvalue weighted by molar-refractivity contribution is 0.0949. The van der Waals surface area contributed by atoms with Crippen molar-refractivity contribution >= 4 is 15.9 Å². The predicted octanol–water partition coefficient (Wildman–Crippen LogP) is 2.01. The van der Waals surface area contributed by atoms with Crippen molar-refractivity contribution in [3.8, 4) is 0 Å². The minimum Gasteiger partial charge on any atom is -0.351 e. The molecule has 1 amide bonds. The number of carbonyl (C=O) groups excluding carboxylic acids is 1. The van der Waals surface area contributed by atoms with E-state index < -0.39 is 10.0 Å². The lowest BCUT2D eigenvalue weighted by atomic mass is 9.95. The van der Waals surface area contributed by atoms with Gasteiger partial charge < -0.3 is 5.32 Å². The van der Waals surface area contributed by atoms with Gasteiger partial charge >= 0.3 is 0 Å². The van der Waals surface area contributed by atoms with Gasteiger partial charge in [0.2, 0.25) is 10.0 Å². The average Bonchev–Trinajstić information content (AvgIpc) is 2.52. The van der Waals surface area contributed by atoms with Crippen LogP contribution in [0.25, 0.3) is 0 Å². The average molecular weight is 324 g/mol. The molecule has 1 aromatic carbocycles. The van der Waals surface area contributed by atoms with Crippen LogP contribution in [0.15, 0.2) is 30.3 Å². The first-order valence-corrected chi connectivity index (χ1v) is 9.63. The van der Waals surface area contributed by atoms with E-state index in [1.165, 1.54) is 12.7 Å². The number of hydrogen-bond donors (Lipinski definition) is 1. The van der Waals surface area contributed by atoms with Crippen molar-refractivity contribution in [3.63, 3.8) is 0 Å². The lowest BCUT2D eigenvalue weighted by Crippen LogP contribution is -2.45. The van der Waals surface area contributed by atoms with Crippen molar-refractivity contribution in [2.75, 3.05) is 19.3 Å². The first-order chi connectivity index (χ1) is 10.5. The molecular formula is C16H24N2O3S. The Kier molecular flexibility index (Phi) is 5.97. The van der Waals surface area contributed by atoms with Gasteiger partial charge in [-0.05, 0) is 25.0 Å². The van der Waals surface area contributed by atoms with Crippen molar-refractivity contribution in [1.82, 2.24) is 9.62 Å². The van der Waals surface area contributed by atoms with E-state index in [4.69, 9.17) is 0 Å². The van der Waals surface area contributed by atoms with Crippen LogP contribution in [-0.2, 0) is 10.0 Å². The summed E-state index contributed by atoms with van der Waals surface area (Å²) in [5.41, 5.74) is 0.589. The summed E-state index contributed by atoms with van der Waals surface area (Å²) in [5, 5.41) is 2.80. The van der Waals surface area contributed by atoms with E-state index in [0.717, 1.165) is 25.7 Å². The molecule has 1 aliphatic rings. The van der Waals surface area contributed by atoms with Crippen molar-refractivity contribution < 1.29 is 13.2 Å². The smallest absolute Gasteiger partial charge is 0.251 e. The van der Waals surface area contributed by atoms with Gasteiger partial charge in [0.1, 0.15) is 0 Å². The van der Waals surface area contributed by atoms with Gasteiger partial charge in [-0.3, -0.25) is 4.79 Å². The third-order valence-electron chi connectivity index (χ3n) is 4.06. The zero-order valence-corrected chi connectivity index (χ0v) is 13.8. The Morgan fingerprint density at radius 1 is 1.18 bits per heavy atom. The van der Waals surface area contributed by atoms with Gasteiger partial charge in [0.25, 0.3) is 5.91 Å². The van der Waals surface area contributed by atoms with Crippen LogP contribution in [0.4, 0.5) is 0 Å². The van der Waals surface area contributed by atoms with Crippen LogP contribution in [0.5, 0.6) is 0 Å². The molecule has 22 heavy (non-hydrogen) atoms. The molecular weight excluding hydrogens is 300 g/mol. The number of carbonyl (C=O) groups is 1. The highest BCUT2D eigenvalue weighted by molar-refractivity contribution is 7.88. The molecule has 0 aromatic heterocycles. The zero-order chi connectivity index (χ0) is 16.0. The predicted molar refractivity (Wildman–Crippen MR) is 87.2 cm³/mol. The second-order valence-corrected chi connectivity index (χ2v) is 7.72. The first kappa shape index (κ1) is 17.0. The summed E-state index contributed by atoms with van der Waals surface area (Å²) in [6, 6.07) is 9.03. The molecule has 0 saturated heterocycles. The van der Waals surface area contributed by atoms with Gasteiger partial charge in [-0.2, -0.15) is 4.31 Å². The standard InChI is InChI=1S/C16H24N2O3S/c1-22(20,21)18(15-10-6-3-7-11-15)13-12-17-16(19)14-8-4-2-5-9-14/h2,4-5,8-9,15H,3,6-7,10-13H2,1H3,(H,17,19). The topological polar surface area (TPSA) is 66.5 Å². The summed E-state index contributed by atoms with van der Waals surface area (Å²) < 4.78 is 25.5. The number of sulfonamides is 1. The maximum Gasteiger partial charge on any atom is 0.251 e. The summed E-state index contributed by atoms with van der Waals surface area (Å²) >= 11 is 0. The molecule has 2 rings (SSSR count). The van der Waals surface area contributed by atoms with Crippen LogP contribution >= 0.6 is 0 Å². The van der Waals surface area contributed by atoms with Crippen LogP contribution in [0.2, 0.25) is 0 Å². The molecule has 1 saturated carbocycles. The first-order valence-electron chi connectivity index (χ1n) is 7.78. The minimum atomic E-state index is -3.25. The summed E-state index contributed by atoms with van der Waals surface area (Å²) in [7, 11) is -3.25.